The van der Waals surface area contributed by atoms with Gasteiger partial charge in [-0.2, -0.15) is 0 Å². The monoisotopic (exact) mass is 295 g/mol. The zero-order valence-corrected chi connectivity index (χ0v) is 13.5. The van der Waals surface area contributed by atoms with Crippen LogP contribution in [0.1, 0.15) is 37.0 Å². The van der Waals surface area contributed by atoms with Gasteiger partial charge in [-0.05, 0) is 25.3 Å². The number of hydrogen-bond donors (Lipinski definition) is 1. The minimum atomic E-state index is -0.0718. The maximum atomic E-state index is 6.20. The van der Waals surface area contributed by atoms with Crippen LogP contribution in [0.15, 0.2) is 24.3 Å². The molecule has 0 amide bonds. The minimum absolute atomic E-state index is 0.000270. The number of benzene rings is 1. The second-order valence-corrected chi connectivity index (χ2v) is 5.24. The molecule has 0 aromatic heterocycles. The molecule has 4 heteroatoms. The lowest BCUT2D eigenvalue weighted by atomic mass is 9.99. The van der Waals surface area contributed by atoms with Gasteiger partial charge in [0.25, 0.3) is 0 Å². The van der Waals surface area contributed by atoms with Gasteiger partial charge in [-0.15, -0.1) is 0 Å². The minimum Gasteiger partial charge on any atom is -0.385 e. The summed E-state index contributed by atoms with van der Waals surface area (Å²) >= 11 is 0. The fourth-order valence-corrected chi connectivity index (χ4v) is 2.17. The van der Waals surface area contributed by atoms with Gasteiger partial charge in [-0.3, -0.25) is 0 Å². The van der Waals surface area contributed by atoms with E-state index in [1.165, 1.54) is 5.56 Å². The Morgan fingerprint density at radius 3 is 2.62 bits per heavy atom. The molecule has 1 rings (SSSR count). The number of rotatable bonds is 11. The molecule has 0 aliphatic carbocycles. The van der Waals surface area contributed by atoms with Crippen molar-refractivity contribution < 1.29 is 14.2 Å². The van der Waals surface area contributed by atoms with Crippen LogP contribution >= 0.6 is 0 Å². The topological polar surface area (TPSA) is 53.7 Å². The Hall–Kier alpha value is -0.940. The van der Waals surface area contributed by atoms with Gasteiger partial charge < -0.3 is 19.9 Å². The first-order valence-electron chi connectivity index (χ1n) is 7.69. The normalized spacial score (nSPS) is 14.1. The van der Waals surface area contributed by atoms with E-state index in [1.54, 1.807) is 7.11 Å². The number of ether oxygens (including phenoxy) is 3. The van der Waals surface area contributed by atoms with Crippen molar-refractivity contribution in [3.63, 3.8) is 0 Å². The third-order valence-electron chi connectivity index (χ3n) is 3.39. The summed E-state index contributed by atoms with van der Waals surface area (Å²) in [5, 5.41) is 0. The van der Waals surface area contributed by atoms with E-state index in [-0.39, 0.29) is 12.1 Å². The van der Waals surface area contributed by atoms with E-state index >= 15 is 0 Å². The summed E-state index contributed by atoms with van der Waals surface area (Å²) in [5.41, 5.74) is 8.56. The molecule has 0 bridgehead atoms. The molecule has 2 unspecified atom stereocenters. The molecule has 0 aliphatic rings. The molecule has 0 aliphatic heterocycles. The lowest BCUT2D eigenvalue weighted by Crippen LogP contribution is -2.30. The van der Waals surface area contributed by atoms with Gasteiger partial charge in [-0.25, -0.2) is 0 Å². The fraction of sp³-hybridized carbons (Fsp3) is 0.647. The van der Waals surface area contributed by atoms with Crippen LogP contribution in [0.2, 0.25) is 0 Å². The van der Waals surface area contributed by atoms with Crippen molar-refractivity contribution in [2.24, 2.45) is 5.73 Å². The number of hydrogen-bond acceptors (Lipinski definition) is 4. The first-order chi connectivity index (χ1) is 10.2. The van der Waals surface area contributed by atoms with Crippen molar-refractivity contribution >= 4 is 0 Å². The molecule has 2 N–H and O–H groups in total. The first kappa shape index (κ1) is 18.1. The zero-order chi connectivity index (χ0) is 15.5. The van der Waals surface area contributed by atoms with Gasteiger partial charge in [0.2, 0.25) is 0 Å². The Kier molecular flexibility index (Phi) is 9.26. The third-order valence-corrected chi connectivity index (χ3v) is 3.39. The van der Waals surface area contributed by atoms with Crippen LogP contribution in [0.3, 0.4) is 0 Å². The molecule has 1 aromatic rings. The SMILES string of the molecule is CCC(N)C(OCCOCCCOC)c1cccc(C)c1. The molecule has 0 radical (unpaired) electrons. The maximum absolute atomic E-state index is 6.20. The second kappa shape index (κ2) is 10.7. The second-order valence-electron chi connectivity index (χ2n) is 5.24. The third kappa shape index (κ3) is 7.05. The summed E-state index contributed by atoms with van der Waals surface area (Å²) in [6.07, 6.45) is 1.72. The molecular formula is C17H29NO3. The Bertz CT molecular complexity index is 384. The number of aryl methyl sites for hydroxylation is 1. The van der Waals surface area contributed by atoms with Crippen LogP contribution in [-0.2, 0) is 14.2 Å². The van der Waals surface area contributed by atoms with E-state index in [1.807, 2.05) is 6.07 Å². The van der Waals surface area contributed by atoms with Crippen molar-refractivity contribution in [1.29, 1.82) is 0 Å². The molecule has 0 spiro atoms. The van der Waals surface area contributed by atoms with E-state index in [0.29, 0.717) is 19.8 Å². The molecule has 0 saturated carbocycles. The summed E-state index contributed by atoms with van der Waals surface area (Å²) in [6.45, 7) is 6.73. The van der Waals surface area contributed by atoms with Crippen molar-refractivity contribution in [3.8, 4) is 0 Å². The van der Waals surface area contributed by atoms with Crippen LogP contribution in [0.5, 0.6) is 0 Å². The Morgan fingerprint density at radius 2 is 1.95 bits per heavy atom. The molecule has 0 fully saturated rings. The Labute approximate surface area is 128 Å². The lowest BCUT2D eigenvalue weighted by molar-refractivity contribution is -0.0104. The quantitative estimate of drug-likeness (QED) is 0.638. The van der Waals surface area contributed by atoms with Crippen molar-refractivity contribution in [3.05, 3.63) is 35.4 Å². The Balaban J connectivity index is 2.41. The summed E-state index contributed by atoms with van der Waals surface area (Å²) < 4.78 is 16.4. The van der Waals surface area contributed by atoms with Gasteiger partial charge in [0.05, 0.1) is 19.3 Å². The van der Waals surface area contributed by atoms with E-state index in [2.05, 4.69) is 32.0 Å². The van der Waals surface area contributed by atoms with E-state index < -0.39 is 0 Å². The van der Waals surface area contributed by atoms with E-state index in [0.717, 1.165) is 25.0 Å². The summed E-state index contributed by atoms with van der Waals surface area (Å²) in [6, 6.07) is 8.34. The highest BCUT2D eigenvalue weighted by Gasteiger charge is 2.19. The standard InChI is InChI=1S/C17H29NO3/c1-4-16(18)17(15-8-5-7-14(2)13-15)21-12-11-20-10-6-9-19-3/h5,7-8,13,16-17H,4,6,9-12,18H2,1-3H3. The molecular weight excluding hydrogens is 266 g/mol. The van der Waals surface area contributed by atoms with Gasteiger partial charge in [-0.1, -0.05) is 36.8 Å². The highest BCUT2D eigenvalue weighted by molar-refractivity contribution is 5.25. The zero-order valence-electron chi connectivity index (χ0n) is 13.5. The van der Waals surface area contributed by atoms with Crippen LogP contribution in [0, 0.1) is 6.92 Å². The largest absolute Gasteiger partial charge is 0.385 e. The molecule has 0 saturated heterocycles. The van der Waals surface area contributed by atoms with Crippen LogP contribution in [0.25, 0.3) is 0 Å². The highest BCUT2D eigenvalue weighted by atomic mass is 16.5. The predicted molar refractivity (Wildman–Crippen MR) is 85.5 cm³/mol. The smallest absolute Gasteiger partial charge is 0.0976 e. The average molecular weight is 295 g/mol. The van der Waals surface area contributed by atoms with Crippen molar-refractivity contribution in [2.75, 3.05) is 33.5 Å². The summed E-state index contributed by atoms with van der Waals surface area (Å²) in [7, 11) is 1.70. The van der Waals surface area contributed by atoms with Crippen LogP contribution in [0.4, 0.5) is 0 Å². The van der Waals surface area contributed by atoms with Crippen LogP contribution in [-0.4, -0.2) is 39.6 Å². The molecule has 0 heterocycles. The number of nitrogens with two attached hydrogens (primary N) is 1. The van der Waals surface area contributed by atoms with Gasteiger partial charge in [0.1, 0.15) is 0 Å². The molecule has 120 valence electrons. The lowest BCUT2D eigenvalue weighted by Gasteiger charge is -2.24. The maximum Gasteiger partial charge on any atom is 0.0976 e. The number of methoxy groups -OCH3 is 1. The van der Waals surface area contributed by atoms with E-state index in [9.17, 15) is 0 Å². The van der Waals surface area contributed by atoms with Crippen molar-refractivity contribution in [1.82, 2.24) is 0 Å². The molecule has 21 heavy (non-hydrogen) atoms. The molecule has 4 nitrogen and oxygen atoms in total. The highest BCUT2D eigenvalue weighted by Crippen LogP contribution is 2.22. The van der Waals surface area contributed by atoms with Crippen LogP contribution < -0.4 is 5.73 Å². The first-order valence-corrected chi connectivity index (χ1v) is 7.69. The van der Waals surface area contributed by atoms with E-state index in [4.69, 9.17) is 19.9 Å². The molecule has 2 atom stereocenters. The van der Waals surface area contributed by atoms with Crippen molar-refractivity contribution in [2.45, 2.75) is 38.8 Å². The summed E-state index contributed by atoms with van der Waals surface area (Å²) in [4.78, 5) is 0. The molecule has 1 aromatic carbocycles. The van der Waals surface area contributed by atoms with Gasteiger partial charge in [0, 0.05) is 26.4 Å². The average Bonchev–Trinajstić information content (AvgIpc) is 2.49. The van der Waals surface area contributed by atoms with Gasteiger partial charge in [0.15, 0.2) is 0 Å². The predicted octanol–water partition coefficient (Wildman–Crippen LogP) is 2.84. The summed E-state index contributed by atoms with van der Waals surface area (Å²) in [5.74, 6) is 0. The van der Waals surface area contributed by atoms with Gasteiger partial charge >= 0.3 is 0 Å². The fourth-order valence-electron chi connectivity index (χ4n) is 2.17. The Morgan fingerprint density at radius 1 is 1.14 bits per heavy atom.